The Morgan fingerprint density at radius 3 is 3.09 bits per heavy atom. The van der Waals surface area contributed by atoms with Crippen molar-refractivity contribution in [2.45, 2.75) is 43.9 Å². The molecule has 0 spiro atoms. The van der Waals surface area contributed by atoms with Crippen LogP contribution in [0.25, 0.3) is 0 Å². The molecule has 2 aliphatic heterocycles. The highest BCUT2D eigenvalue weighted by molar-refractivity contribution is 5.12. The molecule has 0 aromatic carbocycles. The van der Waals surface area contributed by atoms with Crippen molar-refractivity contribution in [2.75, 3.05) is 32.9 Å². The molecule has 6 heteroatoms. The number of aromatic nitrogens is 2. The van der Waals surface area contributed by atoms with Gasteiger partial charge in [0.25, 0.3) is 0 Å². The van der Waals surface area contributed by atoms with Crippen LogP contribution in [0.1, 0.15) is 37.3 Å². The smallest absolute Gasteiger partial charge is 0.0900 e. The van der Waals surface area contributed by atoms with Crippen LogP contribution in [0.2, 0.25) is 0 Å². The van der Waals surface area contributed by atoms with E-state index in [9.17, 15) is 5.11 Å². The highest BCUT2D eigenvalue weighted by Gasteiger charge is 2.28. The number of aryl methyl sites for hydroxylation is 1. The number of β-amino-alcohol motifs (C(OH)–C–C–N with tert-alkyl or cyclic N) is 1. The van der Waals surface area contributed by atoms with Gasteiger partial charge in [-0.2, -0.15) is 5.10 Å². The summed E-state index contributed by atoms with van der Waals surface area (Å²) in [6, 6.07) is 0.376. The largest absolute Gasteiger partial charge is 0.389 e. The molecule has 0 aliphatic carbocycles. The predicted octanol–water partition coefficient (Wildman–Crippen LogP) is 1.11. The molecule has 1 aromatic heterocycles. The van der Waals surface area contributed by atoms with Crippen molar-refractivity contribution in [3.63, 3.8) is 0 Å². The van der Waals surface area contributed by atoms with Gasteiger partial charge in [-0.1, -0.05) is 0 Å². The van der Waals surface area contributed by atoms with Crippen LogP contribution in [0.4, 0.5) is 0 Å². The van der Waals surface area contributed by atoms with Crippen LogP contribution in [-0.2, 0) is 16.5 Å². The maximum Gasteiger partial charge on any atom is 0.0900 e. The fourth-order valence-electron chi connectivity index (χ4n) is 3.47. The second-order valence-corrected chi connectivity index (χ2v) is 6.43. The monoisotopic (exact) mass is 309 g/mol. The molecule has 22 heavy (non-hydrogen) atoms. The fourth-order valence-corrected chi connectivity index (χ4v) is 3.47. The summed E-state index contributed by atoms with van der Waals surface area (Å²) in [5.74, 6) is 0. The van der Waals surface area contributed by atoms with Crippen LogP contribution in [0.5, 0.6) is 0 Å². The van der Waals surface area contributed by atoms with Gasteiger partial charge in [0.05, 0.1) is 31.6 Å². The van der Waals surface area contributed by atoms with Crippen molar-refractivity contribution >= 4 is 0 Å². The SMILES string of the molecule is Cn1cc([C@@H]2CCCN2C[C@@H](O)COC[C@@H]2CCCO2)cn1. The van der Waals surface area contributed by atoms with Crippen LogP contribution < -0.4 is 0 Å². The molecule has 3 atom stereocenters. The Hall–Kier alpha value is -0.950. The Kier molecular flexibility index (Phi) is 5.46. The van der Waals surface area contributed by atoms with Crippen LogP contribution in [0.3, 0.4) is 0 Å². The van der Waals surface area contributed by atoms with Crippen LogP contribution in [-0.4, -0.2) is 64.9 Å². The van der Waals surface area contributed by atoms with Crippen molar-refractivity contribution in [2.24, 2.45) is 7.05 Å². The second-order valence-electron chi connectivity index (χ2n) is 6.43. The Labute approximate surface area is 132 Å². The summed E-state index contributed by atoms with van der Waals surface area (Å²) >= 11 is 0. The van der Waals surface area contributed by atoms with E-state index in [4.69, 9.17) is 9.47 Å². The van der Waals surface area contributed by atoms with Gasteiger partial charge in [-0.25, -0.2) is 0 Å². The van der Waals surface area contributed by atoms with E-state index in [-0.39, 0.29) is 6.10 Å². The third-order valence-electron chi connectivity index (χ3n) is 4.56. The number of hydrogen-bond acceptors (Lipinski definition) is 5. The Morgan fingerprint density at radius 2 is 2.36 bits per heavy atom. The summed E-state index contributed by atoms with van der Waals surface area (Å²) in [4.78, 5) is 2.34. The Morgan fingerprint density at radius 1 is 1.45 bits per heavy atom. The second kappa shape index (κ2) is 7.55. The molecule has 1 N–H and O–H groups in total. The first-order chi connectivity index (χ1) is 10.7. The summed E-state index contributed by atoms with van der Waals surface area (Å²) in [7, 11) is 1.94. The van der Waals surface area contributed by atoms with Crippen molar-refractivity contribution in [1.82, 2.24) is 14.7 Å². The Bertz CT molecular complexity index is 459. The van der Waals surface area contributed by atoms with Gasteiger partial charge < -0.3 is 14.6 Å². The van der Waals surface area contributed by atoms with Gasteiger partial charge in [-0.15, -0.1) is 0 Å². The van der Waals surface area contributed by atoms with Gasteiger partial charge in [-0.05, 0) is 32.2 Å². The van der Waals surface area contributed by atoms with E-state index < -0.39 is 6.10 Å². The van der Waals surface area contributed by atoms with E-state index in [0.717, 1.165) is 32.4 Å². The molecule has 3 rings (SSSR count). The third-order valence-corrected chi connectivity index (χ3v) is 4.56. The highest BCUT2D eigenvalue weighted by atomic mass is 16.5. The average Bonchev–Trinajstić information content (AvgIpc) is 3.20. The molecule has 124 valence electrons. The molecule has 2 fully saturated rings. The van der Waals surface area contributed by atoms with Crippen LogP contribution in [0.15, 0.2) is 12.4 Å². The third kappa shape index (κ3) is 4.07. The minimum Gasteiger partial charge on any atom is -0.389 e. The standard InChI is InChI=1S/C16H27N3O3/c1-18-9-13(8-17-18)16-5-2-6-19(16)10-14(20)11-21-12-15-4-3-7-22-15/h8-9,14-16,20H,2-7,10-12H2,1H3/t14-,15+,16+/m1/s1. The van der Waals surface area contributed by atoms with Gasteiger partial charge >= 0.3 is 0 Å². The quantitative estimate of drug-likeness (QED) is 0.818. The van der Waals surface area contributed by atoms with E-state index >= 15 is 0 Å². The minimum atomic E-state index is -0.446. The lowest BCUT2D eigenvalue weighted by molar-refractivity contribution is -0.0261. The number of aliphatic hydroxyl groups is 1. The Balaban J connectivity index is 1.42. The first kappa shape index (κ1) is 15.9. The molecule has 1 aromatic rings. The van der Waals surface area contributed by atoms with Crippen molar-refractivity contribution in [1.29, 1.82) is 0 Å². The van der Waals surface area contributed by atoms with Crippen LogP contribution in [0, 0.1) is 0 Å². The first-order valence-corrected chi connectivity index (χ1v) is 8.32. The molecule has 0 saturated carbocycles. The number of likely N-dealkylation sites (tertiary alicyclic amines) is 1. The van der Waals surface area contributed by atoms with Crippen molar-refractivity contribution in [3.8, 4) is 0 Å². The topological polar surface area (TPSA) is 59.8 Å². The van der Waals surface area contributed by atoms with Gasteiger partial charge in [0.15, 0.2) is 0 Å². The lowest BCUT2D eigenvalue weighted by Gasteiger charge is -2.26. The molecule has 2 aliphatic rings. The van der Waals surface area contributed by atoms with Crippen LogP contribution >= 0.6 is 0 Å². The molecule has 0 amide bonds. The summed E-state index contributed by atoms with van der Waals surface area (Å²) in [6.07, 6.45) is 8.29. The lowest BCUT2D eigenvalue weighted by Crippen LogP contribution is -2.35. The molecular weight excluding hydrogens is 282 g/mol. The zero-order valence-electron chi connectivity index (χ0n) is 13.4. The summed E-state index contributed by atoms with van der Waals surface area (Å²) < 4.78 is 13.0. The molecule has 0 radical (unpaired) electrons. The summed E-state index contributed by atoms with van der Waals surface area (Å²) in [5.41, 5.74) is 1.24. The maximum atomic E-state index is 10.2. The van der Waals surface area contributed by atoms with E-state index in [1.165, 1.54) is 12.0 Å². The summed E-state index contributed by atoms with van der Waals surface area (Å²) in [6.45, 7) is 3.52. The zero-order valence-corrected chi connectivity index (χ0v) is 13.4. The fraction of sp³-hybridized carbons (Fsp3) is 0.812. The molecule has 6 nitrogen and oxygen atoms in total. The van der Waals surface area contributed by atoms with Gasteiger partial charge in [-0.3, -0.25) is 9.58 Å². The average molecular weight is 309 g/mol. The molecular formula is C16H27N3O3. The van der Waals surface area contributed by atoms with Gasteiger partial charge in [0.2, 0.25) is 0 Å². The normalized spacial score (nSPS) is 27.5. The molecule has 3 heterocycles. The highest BCUT2D eigenvalue weighted by Crippen LogP contribution is 2.31. The number of hydrogen-bond donors (Lipinski definition) is 1. The number of nitrogens with zero attached hydrogens (tertiary/aromatic N) is 3. The maximum absolute atomic E-state index is 10.2. The van der Waals surface area contributed by atoms with E-state index in [2.05, 4.69) is 16.2 Å². The van der Waals surface area contributed by atoms with E-state index in [0.29, 0.717) is 25.8 Å². The van der Waals surface area contributed by atoms with E-state index in [1.54, 1.807) is 0 Å². The molecule has 0 bridgehead atoms. The number of ether oxygens (including phenoxy) is 2. The number of aliphatic hydroxyl groups excluding tert-OH is 1. The zero-order chi connectivity index (χ0) is 15.4. The van der Waals surface area contributed by atoms with E-state index in [1.807, 2.05) is 17.9 Å². The van der Waals surface area contributed by atoms with Gasteiger partial charge in [0.1, 0.15) is 0 Å². The first-order valence-electron chi connectivity index (χ1n) is 8.32. The van der Waals surface area contributed by atoms with Crippen molar-refractivity contribution in [3.05, 3.63) is 18.0 Å². The minimum absolute atomic E-state index is 0.224. The summed E-state index contributed by atoms with van der Waals surface area (Å²) in [5, 5.41) is 14.5. The molecule has 2 saturated heterocycles. The lowest BCUT2D eigenvalue weighted by atomic mass is 10.1. The predicted molar refractivity (Wildman–Crippen MR) is 82.6 cm³/mol. The van der Waals surface area contributed by atoms with Gasteiger partial charge in [0, 0.05) is 38.0 Å². The molecule has 0 unspecified atom stereocenters. The van der Waals surface area contributed by atoms with Crippen molar-refractivity contribution < 1.29 is 14.6 Å². The number of rotatable bonds is 7.